The van der Waals surface area contributed by atoms with Gasteiger partial charge in [-0.3, -0.25) is 4.79 Å². The van der Waals surface area contributed by atoms with Crippen LogP contribution in [0.15, 0.2) is 22.8 Å². The fourth-order valence-electron chi connectivity index (χ4n) is 1.63. The van der Waals surface area contributed by atoms with Crippen molar-refractivity contribution in [3.8, 4) is 0 Å². The Labute approximate surface area is 112 Å². The summed E-state index contributed by atoms with van der Waals surface area (Å²) in [6.07, 6.45) is 2.18. The maximum Gasteiger partial charge on any atom is 0.314 e. The lowest BCUT2D eigenvalue weighted by Crippen LogP contribution is -2.41. The van der Waals surface area contributed by atoms with Crippen molar-refractivity contribution >= 4 is 12.0 Å². The molecule has 2 amide bonds. The predicted molar refractivity (Wildman–Crippen MR) is 69.8 cm³/mol. The molecule has 1 atom stereocenters. The smallest absolute Gasteiger partial charge is 0.314 e. The summed E-state index contributed by atoms with van der Waals surface area (Å²) in [5.74, 6) is -0.700. The Morgan fingerprint density at radius 2 is 2.11 bits per heavy atom. The summed E-state index contributed by atoms with van der Waals surface area (Å²) < 4.78 is 5.13. The number of aliphatic carboxylic acids is 1. The van der Waals surface area contributed by atoms with Crippen molar-refractivity contribution in [2.45, 2.75) is 20.3 Å². The van der Waals surface area contributed by atoms with Crippen molar-refractivity contribution in [1.82, 2.24) is 10.6 Å². The van der Waals surface area contributed by atoms with Gasteiger partial charge in [-0.2, -0.15) is 0 Å². The van der Waals surface area contributed by atoms with Crippen molar-refractivity contribution < 1.29 is 19.1 Å². The molecule has 1 heterocycles. The van der Waals surface area contributed by atoms with E-state index in [1.165, 1.54) is 0 Å². The van der Waals surface area contributed by atoms with E-state index in [1.54, 1.807) is 12.3 Å². The van der Waals surface area contributed by atoms with Gasteiger partial charge in [0, 0.05) is 19.5 Å². The predicted octanol–water partition coefficient (Wildman–Crippen LogP) is 1.48. The number of carbonyl (C=O) groups is 2. The van der Waals surface area contributed by atoms with Crippen molar-refractivity contribution in [2.24, 2.45) is 11.8 Å². The standard InChI is InChI=1S/C13H20N2O4/c1-9(2)11(12(16)17)8-15-13(18)14-6-5-10-4-3-7-19-10/h3-4,7,9,11H,5-6,8H2,1-2H3,(H,16,17)(H2,14,15,18). The van der Waals surface area contributed by atoms with Gasteiger partial charge in [0.1, 0.15) is 5.76 Å². The van der Waals surface area contributed by atoms with Crippen LogP contribution in [0.2, 0.25) is 0 Å². The summed E-state index contributed by atoms with van der Waals surface area (Å²) in [7, 11) is 0. The number of hydrogen-bond acceptors (Lipinski definition) is 3. The van der Waals surface area contributed by atoms with Crippen molar-refractivity contribution in [2.75, 3.05) is 13.1 Å². The Morgan fingerprint density at radius 1 is 1.37 bits per heavy atom. The van der Waals surface area contributed by atoms with Gasteiger partial charge in [-0.25, -0.2) is 4.79 Å². The van der Waals surface area contributed by atoms with Crippen molar-refractivity contribution in [3.63, 3.8) is 0 Å². The molecular weight excluding hydrogens is 248 g/mol. The Hall–Kier alpha value is -1.98. The summed E-state index contributed by atoms with van der Waals surface area (Å²) in [4.78, 5) is 22.4. The number of carboxylic acid groups (broad SMARTS) is 1. The number of carboxylic acids is 1. The third-order valence-electron chi connectivity index (χ3n) is 2.84. The lowest BCUT2D eigenvalue weighted by atomic mass is 9.96. The van der Waals surface area contributed by atoms with Gasteiger partial charge in [-0.1, -0.05) is 13.8 Å². The molecule has 0 spiro atoms. The lowest BCUT2D eigenvalue weighted by molar-refractivity contribution is -0.142. The monoisotopic (exact) mass is 268 g/mol. The molecule has 0 aliphatic carbocycles. The van der Waals surface area contributed by atoms with E-state index in [4.69, 9.17) is 9.52 Å². The molecule has 0 saturated carbocycles. The maximum absolute atomic E-state index is 11.5. The van der Waals surface area contributed by atoms with E-state index in [1.807, 2.05) is 19.9 Å². The Balaban J connectivity index is 2.22. The molecule has 0 saturated heterocycles. The van der Waals surface area contributed by atoms with Crippen LogP contribution in [0, 0.1) is 11.8 Å². The van der Waals surface area contributed by atoms with Crippen LogP contribution in [0.4, 0.5) is 4.79 Å². The second-order valence-corrected chi connectivity index (χ2v) is 4.65. The van der Waals surface area contributed by atoms with Crippen LogP contribution < -0.4 is 10.6 Å². The van der Waals surface area contributed by atoms with Gasteiger partial charge in [-0.05, 0) is 18.1 Å². The molecule has 0 bridgehead atoms. The van der Waals surface area contributed by atoms with Gasteiger partial charge in [0.05, 0.1) is 12.2 Å². The number of carbonyl (C=O) groups excluding carboxylic acids is 1. The number of nitrogens with one attached hydrogen (secondary N) is 2. The molecule has 1 unspecified atom stereocenters. The molecule has 0 radical (unpaired) electrons. The number of rotatable bonds is 7. The zero-order valence-corrected chi connectivity index (χ0v) is 11.2. The largest absolute Gasteiger partial charge is 0.481 e. The number of urea groups is 1. The van der Waals surface area contributed by atoms with E-state index in [-0.39, 0.29) is 18.5 Å². The number of hydrogen-bond donors (Lipinski definition) is 3. The summed E-state index contributed by atoms with van der Waals surface area (Å²) in [6, 6.07) is 3.26. The molecule has 1 aromatic heterocycles. The Kier molecular flexibility index (Phi) is 5.92. The van der Waals surface area contributed by atoms with Gasteiger partial charge in [0.2, 0.25) is 0 Å². The van der Waals surface area contributed by atoms with Gasteiger partial charge >= 0.3 is 12.0 Å². The molecule has 19 heavy (non-hydrogen) atoms. The SMILES string of the molecule is CC(C)C(CNC(=O)NCCc1ccco1)C(=O)O. The fourth-order valence-corrected chi connectivity index (χ4v) is 1.63. The van der Waals surface area contributed by atoms with Crippen LogP contribution in [0.1, 0.15) is 19.6 Å². The van der Waals surface area contributed by atoms with E-state index in [9.17, 15) is 9.59 Å². The Bertz CT molecular complexity index is 401. The first-order valence-corrected chi connectivity index (χ1v) is 6.27. The average molecular weight is 268 g/mol. The quantitative estimate of drug-likeness (QED) is 0.698. The third-order valence-corrected chi connectivity index (χ3v) is 2.84. The van der Waals surface area contributed by atoms with Crippen LogP contribution >= 0.6 is 0 Å². The zero-order valence-electron chi connectivity index (χ0n) is 11.2. The molecule has 0 aliphatic rings. The van der Waals surface area contributed by atoms with Gasteiger partial charge in [0.25, 0.3) is 0 Å². The fraction of sp³-hybridized carbons (Fsp3) is 0.538. The van der Waals surface area contributed by atoms with E-state index in [0.29, 0.717) is 13.0 Å². The normalized spacial score (nSPS) is 12.2. The van der Waals surface area contributed by atoms with E-state index in [2.05, 4.69) is 10.6 Å². The zero-order chi connectivity index (χ0) is 14.3. The van der Waals surface area contributed by atoms with E-state index < -0.39 is 11.9 Å². The van der Waals surface area contributed by atoms with Gasteiger partial charge in [0.15, 0.2) is 0 Å². The summed E-state index contributed by atoms with van der Waals surface area (Å²) in [6.45, 7) is 4.20. The van der Waals surface area contributed by atoms with Crippen LogP contribution in [-0.2, 0) is 11.2 Å². The second-order valence-electron chi connectivity index (χ2n) is 4.65. The number of furan rings is 1. The first kappa shape index (κ1) is 15.1. The molecule has 6 heteroatoms. The second kappa shape index (κ2) is 7.45. The van der Waals surface area contributed by atoms with Crippen LogP contribution in [0.5, 0.6) is 0 Å². The minimum absolute atomic E-state index is 0.0269. The first-order chi connectivity index (χ1) is 9.00. The highest BCUT2D eigenvalue weighted by atomic mass is 16.4. The van der Waals surface area contributed by atoms with Crippen molar-refractivity contribution in [1.29, 1.82) is 0 Å². The molecule has 1 rings (SSSR count). The minimum atomic E-state index is -0.897. The molecule has 106 valence electrons. The highest BCUT2D eigenvalue weighted by molar-refractivity contribution is 5.75. The van der Waals surface area contributed by atoms with Gasteiger partial charge in [-0.15, -0.1) is 0 Å². The van der Waals surface area contributed by atoms with Crippen LogP contribution in [0.3, 0.4) is 0 Å². The number of amides is 2. The molecular formula is C13H20N2O4. The first-order valence-electron chi connectivity index (χ1n) is 6.27. The Morgan fingerprint density at radius 3 is 2.63 bits per heavy atom. The highest BCUT2D eigenvalue weighted by Crippen LogP contribution is 2.09. The van der Waals surface area contributed by atoms with Crippen LogP contribution in [0.25, 0.3) is 0 Å². The summed E-state index contributed by atoms with van der Waals surface area (Å²) in [5.41, 5.74) is 0. The molecule has 3 N–H and O–H groups in total. The minimum Gasteiger partial charge on any atom is -0.481 e. The van der Waals surface area contributed by atoms with E-state index >= 15 is 0 Å². The molecule has 1 aromatic rings. The molecule has 0 aromatic carbocycles. The molecule has 0 aliphatic heterocycles. The molecule has 6 nitrogen and oxygen atoms in total. The van der Waals surface area contributed by atoms with Crippen LogP contribution in [-0.4, -0.2) is 30.2 Å². The summed E-state index contributed by atoms with van der Waals surface area (Å²) >= 11 is 0. The topological polar surface area (TPSA) is 91.6 Å². The van der Waals surface area contributed by atoms with Crippen molar-refractivity contribution in [3.05, 3.63) is 24.2 Å². The maximum atomic E-state index is 11.5. The molecule has 0 fully saturated rings. The third kappa shape index (κ3) is 5.46. The van der Waals surface area contributed by atoms with E-state index in [0.717, 1.165) is 5.76 Å². The summed E-state index contributed by atoms with van der Waals surface area (Å²) in [5, 5.41) is 14.2. The van der Waals surface area contributed by atoms with Gasteiger partial charge < -0.3 is 20.2 Å². The average Bonchev–Trinajstić information content (AvgIpc) is 2.81. The lowest BCUT2D eigenvalue weighted by Gasteiger charge is -2.16. The highest BCUT2D eigenvalue weighted by Gasteiger charge is 2.21.